The van der Waals surface area contributed by atoms with Crippen molar-refractivity contribution in [1.29, 1.82) is 0 Å². The summed E-state index contributed by atoms with van der Waals surface area (Å²) in [5, 5.41) is 3.02. The Bertz CT molecular complexity index is 575. The summed E-state index contributed by atoms with van der Waals surface area (Å²) in [4.78, 5) is 0.358. The summed E-state index contributed by atoms with van der Waals surface area (Å²) in [7, 11) is -1.64. The summed E-state index contributed by atoms with van der Waals surface area (Å²) in [5.74, 6) is 0. The van der Waals surface area contributed by atoms with Crippen LogP contribution in [0.1, 0.15) is 5.56 Å². The van der Waals surface area contributed by atoms with E-state index < -0.39 is 10.0 Å². The highest BCUT2D eigenvalue weighted by atomic mass is 79.9. The molecule has 7 heteroatoms. The minimum absolute atomic E-state index is 0.101. The van der Waals surface area contributed by atoms with Crippen LogP contribution in [0.3, 0.4) is 0 Å². The van der Waals surface area contributed by atoms with Gasteiger partial charge in [0.15, 0.2) is 0 Å². The summed E-state index contributed by atoms with van der Waals surface area (Å²) in [6.45, 7) is 3.66. The molecule has 1 heterocycles. The number of ether oxygens (including phenoxy) is 1. The predicted octanol–water partition coefficient (Wildman–Crippen LogP) is 1.37. The summed E-state index contributed by atoms with van der Waals surface area (Å²) in [6, 6.07) is 5.31. The molecule has 0 aromatic heterocycles. The molecule has 1 aromatic rings. The number of halogens is 1. The molecule has 1 saturated heterocycles. The predicted molar refractivity (Wildman–Crippen MR) is 81.3 cm³/mol. The molecule has 5 nitrogen and oxygen atoms in total. The molecule has 0 radical (unpaired) electrons. The molecule has 112 valence electrons. The number of nitrogens with zero attached hydrogens (tertiary/aromatic N) is 1. The van der Waals surface area contributed by atoms with Crippen molar-refractivity contribution in [2.24, 2.45) is 0 Å². The first-order valence-electron chi connectivity index (χ1n) is 6.47. The SMILES string of the molecule is CNCC1CN(S(=O)(=O)c2cc(Br)ccc2C)CCO1. The lowest BCUT2D eigenvalue weighted by molar-refractivity contribution is 0.000813. The van der Waals surface area contributed by atoms with Crippen LogP contribution in [0.15, 0.2) is 27.6 Å². The third kappa shape index (κ3) is 3.40. The van der Waals surface area contributed by atoms with Crippen LogP contribution in [0.5, 0.6) is 0 Å². The van der Waals surface area contributed by atoms with Gasteiger partial charge in [-0.3, -0.25) is 0 Å². The van der Waals surface area contributed by atoms with Gasteiger partial charge < -0.3 is 10.1 Å². The fraction of sp³-hybridized carbons (Fsp3) is 0.538. The first-order valence-corrected chi connectivity index (χ1v) is 8.71. The van der Waals surface area contributed by atoms with Crippen LogP contribution >= 0.6 is 15.9 Å². The van der Waals surface area contributed by atoms with E-state index in [1.54, 1.807) is 6.07 Å². The zero-order chi connectivity index (χ0) is 14.8. The van der Waals surface area contributed by atoms with E-state index >= 15 is 0 Å². The number of rotatable bonds is 4. The van der Waals surface area contributed by atoms with Crippen molar-refractivity contribution < 1.29 is 13.2 Å². The molecule has 2 rings (SSSR count). The average molecular weight is 363 g/mol. The molecule has 1 unspecified atom stereocenters. The number of aryl methyl sites for hydroxylation is 1. The van der Waals surface area contributed by atoms with E-state index in [2.05, 4.69) is 21.2 Å². The van der Waals surface area contributed by atoms with E-state index in [0.29, 0.717) is 31.1 Å². The molecule has 1 atom stereocenters. The minimum atomic E-state index is -3.47. The standard InChI is InChI=1S/C13H19BrN2O3S/c1-10-3-4-11(14)7-13(10)20(17,18)16-5-6-19-12(9-16)8-15-2/h3-4,7,12,15H,5-6,8-9H2,1-2H3. The van der Waals surface area contributed by atoms with Crippen LogP contribution in [0, 0.1) is 6.92 Å². The van der Waals surface area contributed by atoms with Crippen molar-refractivity contribution in [1.82, 2.24) is 9.62 Å². The van der Waals surface area contributed by atoms with Gasteiger partial charge in [-0.15, -0.1) is 0 Å². The molecule has 1 aromatic carbocycles. The number of sulfonamides is 1. The Hall–Kier alpha value is -0.470. The minimum Gasteiger partial charge on any atom is -0.374 e. The van der Waals surface area contributed by atoms with Gasteiger partial charge in [-0.2, -0.15) is 4.31 Å². The van der Waals surface area contributed by atoms with Crippen molar-refractivity contribution in [3.8, 4) is 0 Å². The van der Waals surface area contributed by atoms with Crippen LogP contribution in [-0.2, 0) is 14.8 Å². The molecule has 1 aliphatic rings. The highest BCUT2D eigenvalue weighted by molar-refractivity contribution is 9.10. The van der Waals surface area contributed by atoms with Gasteiger partial charge in [0.1, 0.15) is 0 Å². The highest BCUT2D eigenvalue weighted by Crippen LogP contribution is 2.25. The van der Waals surface area contributed by atoms with E-state index in [4.69, 9.17) is 4.74 Å². The van der Waals surface area contributed by atoms with Gasteiger partial charge in [-0.1, -0.05) is 22.0 Å². The number of benzene rings is 1. The Labute approximate surface area is 128 Å². The maximum Gasteiger partial charge on any atom is 0.243 e. The van der Waals surface area contributed by atoms with Gasteiger partial charge >= 0.3 is 0 Å². The average Bonchev–Trinajstić information content (AvgIpc) is 2.42. The number of hydrogen-bond donors (Lipinski definition) is 1. The molecule has 0 spiro atoms. The maximum atomic E-state index is 12.7. The van der Waals surface area contributed by atoms with E-state index in [1.807, 2.05) is 26.1 Å². The number of morpholine rings is 1. The molecule has 1 N–H and O–H groups in total. The van der Waals surface area contributed by atoms with E-state index in [-0.39, 0.29) is 6.10 Å². The fourth-order valence-corrected chi connectivity index (χ4v) is 4.47. The Morgan fingerprint density at radius 1 is 1.50 bits per heavy atom. The Morgan fingerprint density at radius 3 is 2.95 bits per heavy atom. The van der Waals surface area contributed by atoms with Crippen molar-refractivity contribution >= 4 is 26.0 Å². The third-order valence-electron chi connectivity index (χ3n) is 3.30. The van der Waals surface area contributed by atoms with Crippen LogP contribution < -0.4 is 5.32 Å². The van der Waals surface area contributed by atoms with E-state index in [1.165, 1.54) is 4.31 Å². The van der Waals surface area contributed by atoms with E-state index in [9.17, 15) is 8.42 Å². The highest BCUT2D eigenvalue weighted by Gasteiger charge is 2.31. The Kier molecular flexibility index (Phi) is 5.19. The van der Waals surface area contributed by atoms with E-state index in [0.717, 1.165) is 10.0 Å². The molecular weight excluding hydrogens is 344 g/mol. The first-order chi connectivity index (χ1) is 9.45. The second kappa shape index (κ2) is 6.53. The van der Waals surface area contributed by atoms with Crippen LogP contribution in [0.2, 0.25) is 0 Å². The number of hydrogen-bond acceptors (Lipinski definition) is 4. The molecule has 1 fully saturated rings. The molecule has 0 amide bonds. The van der Waals surface area contributed by atoms with Gasteiger partial charge in [-0.25, -0.2) is 8.42 Å². The summed E-state index contributed by atoms with van der Waals surface area (Å²) in [5.41, 5.74) is 0.754. The van der Waals surface area contributed by atoms with Crippen molar-refractivity contribution in [3.05, 3.63) is 28.2 Å². The van der Waals surface area contributed by atoms with Gasteiger partial charge in [0, 0.05) is 24.1 Å². The molecule has 20 heavy (non-hydrogen) atoms. The quantitative estimate of drug-likeness (QED) is 0.878. The second-order valence-corrected chi connectivity index (χ2v) is 7.65. The Morgan fingerprint density at radius 2 is 2.25 bits per heavy atom. The monoisotopic (exact) mass is 362 g/mol. The smallest absolute Gasteiger partial charge is 0.243 e. The molecule has 0 saturated carbocycles. The molecular formula is C13H19BrN2O3S. The zero-order valence-electron chi connectivity index (χ0n) is 11.6. The molecule has 0 aliphatic carbocycles. The summed E-state index contributed by atoms with van der Waals surface area (Å²) < 4.78 is 33.3. The largest absolute Gasteiger partial charge is 0.374 e. The lowest BCUT2D eigenvalue weighted by Crippen LogP contribution is -2.48. The zero-order valence-corrected chi connectivity index (χ0v) is 14.0. The van der Waals surface area contributed by atoms with Gasteiger partial charge in [0.05, 0.1) is 17.6 Å². The lowest BCUT2D eigenvalue weighted by Gasteiger charge is -2.32. The van der Waals surface area contributed by atoms with Gasteiger partial charge in [-0.05, 0) is 31.7 Å². The number of likely N-dealkylation sites (N-methyl/N-ethyl adjacent to an activating group) is 1. The summed E-state index contributed by atoms with van der Waals surface area (Å²) in [6.07, 6.45) is -0.101. The van der Waals surface area contributed by atoms with Crippen LogP contribution in [0.25, 0.3) is 0 Å². The lowest BCUT2D eigenvalue weighted by atomic mass is 10.2. The molecule has 0 bridgehead atoms. The number of nitrogens with one attached hydrogen (secondary N) is 1. The summed E-state index contributed by atoms with van der Waals surface area (Å²) >= 11 is 3.33. The first kappa shape index (κ1) is 15.9. The molecule has 1 aliphatic heterocycles. The maximum absolute atomic E-state index is 12.7. The topological polar surface area (TPSA) is 58.6 Å². The normalized spacial score (nSPS) is 21.1. The third-order valence-corrected chi connectivity index (χ3v) is 5.80. The van der Waals surface area contributed by atoms with Crippen LogP contribution in [-0.4, -0.2) is 52.1 Å². The second-order valence-electron chi connectivity index (χ2n) is 4.82. The van der Waals surface area contributed by atoms with Gasteiger partial charge in [0.25, 0.3) is 0 Å². The van der Waals surface area contributed by atoms with Crippen molar-refractivity contribution in [2.45, 2.75) is 17.9 Å². The van der Waals surface area contributed by atoms with Crippen LogP contribution in [0.4, 0.5) is 0 Å². The fourth-order valence-electron chi connectivity index (χ4n) is 2.25. The van der Waals surface area contributed by atoms with Crippen molar-refractivity contribution in [2.75, 3.05) is 33.3 Å². The Balaban J connectivity index is 2.27. The van der Waals surface area contributed by atoms with Gasteiger partial charge in [0.2, 0.25) is 10.0 Å². The van der Waals surface area contributed by atoms with Crippen molar-refractivity contribution in [3.63, 3.8) is 0 Å².